The molecule has 0 aliphatic rings. The van der Waals surface area contributed by atoms with Gasteiger partial charge in [-0.25, -0.2) is 4.79 Å². The quantitative estimate of drug-likeness (QED) is 0.815. The number of carboxylic acids is 1. The van der Waals surface area contributed by atoms with Crippen molar-refractivity contribution in [1.29, 1.82) is 0 Å². The first-order valence-corrected chi connectivity index (χ1v) is 5.21. The lowest BCUT2D eigenvalue weighted by Crippen LogP contribution is -2.32. The lowest BCUT2D eigenvalue weighted by molar-refractivity contribution is -0.150. The minimum absolute atomic E-state index is 0.239. The van der Waals surface area contributed by atoms with E-state index in [1.807, 2.05) is 0 Å². The molecule has 4 nitrogen and oxygen atoms in total. The zero-order valence-electron chi connectivity index (χ0n) is 8.17. The number of aliphatic carboxylic acids is 1. The van der Waals surface area contributed by atoms with Crippen LogP contribution in [0.3, 0.4) is 0 Å². The zero-order valence-corrected chi connectivity index (χ0v) is 9.68. The topological polar surface area (TPSA) is 66.4 Å². The van der Waals surface area contributed by atoms with E-state index in [0.29, 0.717) is 16.5 Å². The Hall–Kier alpha value is -1.26. The smallest absolute Gasteiger partial charge is 0.394 e. The highest BCUT2D eigenvalue weighted by Crippen LogP contribution is 2.22. The first-order valence-electron chi connectivity index (χ1n) is 4.45. The van der Waals surface area contributed by atoms with E-state index >= 15 is 0 Å². The van der Waals surface area contributed by atoms with Crippen LogP contribution < -0.4 is 5.32 Å². The second-order valence-electron chi connectivity index (χ2n) is 3.06. The molecule has 0 aliphatic heterocycles. The van der Waals surface area contributed by atoms with Crippen LogP contribution in [-0.4, -0.2) is 23.5 Å². The summed E-state index contributed by atoms with van der Waals surface area (Å²) in [7, 11) is 0. The van der Waals surface area contributed by atoms with E-state index < -0.39 is 11.9 Å². The summed E-state index contributed by atoms with van der Waals surface area (Å²) in [5, 5.41) is 11.5. The van der Waals surface area contributed by atoms with Crippen LogP contribution in [0.4, 0.5) is 0 Å². The summed E-state index contributed by atoms with van der Waals surface area (Å²) in [6.07, 6.45) is 0.496. The normalized spacial score (nSPS) is 9.88. The standard InChI is InChI=1S/C10H9Cl2NO3/c11-7-2-1-6(5-8(7)12)3-4-13-9(14)10(15)16/h1-2,5H,3-4H2,(H,13,14)(H,15,16). The number of carbonyl (C=O) groups is 2. The van der Waals surface area contributed by atoms with Crippen molar-refractivity contribution >= 4 is 35.1 Å². The van der Waals surface area contributed by atoms with Gasteiger partial charge in [0.25, 0.3) is 0 Å². The molecule has 1 amide bonds. The van der Waals surface area contributed by atoms with Crippen LogP contribution in [0.5, 0.6) is 0 Å². The van der Waals surface area contributed by atoms with Gasteiger partial charge in [-0.3, -0.25) is 4.79 Å². The third-order valence-corrected chi connectivity index (χ3v) is 2.62. The summed E-state index contributed by atoms with van der Waals surface area (Å²) in [4.78, 5) is 20.9. The largest absolute Gasteiger partial charge is 0.474 e. The van der Waals surface area contributed by atoms with Crippen LogP contribution in [0.25, 0.3) is 0 Å². The predicted molar refractivity (Wildman–Crippen MR) is 60.8 cm³/mol. The van der Waals surface area contributed by atoms with Gasteiger partial charge in [0.15, 0.2) is 0 Å². The molecule has 1 aromatic carbocycles. The molecular weight excluding hydrogens is 253 g/mol. The summed E-state index contributed by atoms with van der Waals surface area (Å²) in [6.45, 7) is 0.239. The molecule has 0 saturated carbocycles. The molecule has 1 aromatic rings. The van der Waals surface area contributed by atoms with Crippen LogP contribution >= 0.6 is 23.2 Å². The summed E-state index contributed by atoms with van der Waals surface area (Å²) in [5.74, 6) is -2.51. The number of carbonyl (C=O) groups excluding carboxylic acids is 1. The number of amides is 1. The average Bonchev–Trinajstić information content (AvgIpc) is 2.23. The SMILES string of the molecule is O=C(O)C(=O)NCCc1ccc(Cl)c(Cl)c1. The van der Waals surface area contributed by atoms with Crippen molar-refractivity contribution in [3.8, 4) is 0 Å². The van der Waals surface area contributed by atoms with Gasteiger partial charge in [0.2, 0.25) is 0 Å². The lowest BCUT2D eigenvalue weighted by atomic mass is 10.1. The first kappa shape index (κ1) is 12.8. The van der Waals surface area contributed by atoms with Crippen molar-refractivity contribution in [2.75, 3.05) is 6.54 Å². The van der Waals surface area contributed by atoms with Gasteiger partial charge < -0.3 is 10.4 Å². The van der Waals surface area contributed by atoms with E-state index in [9.17, 15) is 9.59 Å². The average molecular weight is 262 g/mol. The van der Waals surface area contributed by atoms with Crippen LogP contribution in [0.15, 0.2) is 18.2 Å². The first-order chi connectivity index (χ1) is 7.50. The van der Waals surface area contributed by atoms with Crippen molar-refractivity contribution in [3.05, 3.63) is 33.8 Å². The van der Waals surface area contributed by atoms with Gasteiger partial charge in [-0.1, -0.05) is 29.3 Å². The fraction of sp³-hybridized carbons (Fsp3) is 0.200. The molecule has 0 atom stereocenters. The van der Waals surface area contributed by atoms with Gasteiger partial charge in [-0.05, 0) is 24.1 Å². The molecule has 0 spiro atoms. The number of benzene rings is 1. The molecule has 0 fully saturated rings. The Morgan fingerprint density at radius 1 is 1.25 bits per heavy atom. The van der Waals surface area contributed by atoms with E-state index in [-0.39, 0.29) is 6.54 Å². The highest BCUT2D eigenvalue weighted by Gasteiger charge is 2.09. The molecule has 86 valence electrons. The third kappa shape index (κ3) is 3.72. The Bertz CT molecular complexity index is 421. The van der Waals surface area contributed by atoms with Crippen LogP contribution in [0, 0.1) is 0 Å². The second-order valence-corrected chi connectivity index (χ2v) is 3.87. The maximum Gasteiger partial charge on any atom is 0.394 e. The molecule has 0 bridgehead atoms. The number of hydrogen-bond donors (Lipinski definition) is 2. The van der Waals surface area contributed by atoms with E-state index in [1.165, 1.54) is 0 Å². The number of carboxylic acid groups (broad SMARTS) is 1. The predicted octanol–water partition coefficient (Wildman–Crippen LogP) is 1.74. The number of halogens is 2. The highest BCUT2D eigenvalue weighted by atomic mass is 35.5. The van der Waals surface area contributed by atoms with E-state index in [1.54, 1.807) is 18.2 Å². The van der Waals surface area contributed by atoms with Crippen LogP contribution in [0.1, 0.15) is 5.56 Å². The monoisotopic (exact) mass is 261 g/mol. The third-order valence-electron chi connectivity index (χ3n) is 1.88. The molecule has 16 heavy (non-hydrogen) atoms. The van der Waals surface area contributed by atoms with Gasteiger partial charge in [0.05, 0.1) is 10.0 Å². The van der Waals surface area contributed by atoms with Crippen molar-refractivity contribution in [2.24, 2.45) is 0 Å². The lowest BCUT2D eigenvalue weighted by Gasteiger charge is -2.03. The molecule has 0 saturated heterocycles. The molecule has 2 N–H and O–H groups in total. The summed E-state index contributed by atoms with van der Waals surface area (Å²) in [5.41, 5.74) is 0.875. The minimum Gasteiger partial charge on any atom is -0.474 e. The molecular formula is C10H9Cl2NO3. The molecule has 0 unspecified atom stereocenters. The summed E-state index contributed by atoms with van der Waals surface area (Å²) < 4.78 is 0. The van der Waals surface area contributed by atoms with Gasteiger partial charge in [0, 0.05) is 6.54 Å². The second kappa shape index (κ2) is 5.72. The fourth-order valence-corrected chi connectivity index (χ4v) is 1.41. The Labute approximate surface area is 102 Å². The van der Waals surface area contributed by atoms with Gasteiger partial charge in [-0.2, -0.15) is 0 Å². The van der Waals surface area contributed by atoms with E-state index in [0.717, 1.165) is 5.56 Å². The van der Waals surface area contributed by atoms with Crippen LogP contribution in [0.2, 0.25) is 10.0 Å². The fourth-order valence-electron chi connectivity index (χ4n) is 1.09. The van der Waals surface area contributed by atoms with Crippen molar-refractivity contribution < 1.29 is 14.7 Å². The van der Waals surface area contributed by atoms with Gasteiger partial charge in [0.1, 0.15) is 0 Å². The van der Waals surface area contributed by atoms with E-state index in [2.05, 4.69) is 5.32 Å². The Morgan fingerprint density at radius 2 is 1.94 bits per heavy atom. The van der Waals surface area contributed by atoms with Crippen molar-refractivity contribution in [2.45, 2.75) is 6.42 Å². The van der Waals surface area contributed by atoms with Gasteiger partial charge >= 0.3 is 11.9 Å². The molecule has 0 radical (unpaired) electrons. The zero-order chi connectivity index (χ0) is 12.1. The maximum absolute atomic E-state index is 10.7. The number of hydrogen-bond acceptors (Lipinski definition) is 2. The number of rotatable bonds is 3. The minimum atomic E-state index is -1.49. The summed E-state index contributed by atoms with van der Waals surface area (Å²) >= 11 is 11.5. The Balaban J connectivity index is 2.46. The van der Waals surface area contributed by atoms with Gasteiger partial charge in [-0.15, -0.1) is 0 Å². The van der Waals surface area contributed by atoms with Crippen molar-refractivity contribution in [3.63, 3.8) is 0 Å². The molecule has 6 heteroatoms. The summed E-state index contributed by atoms with van der Waals surface area (Å²) in [6, 6.07) is 5.09. The van der Waals surface area contributed by atoms with Crippen LogP contribution in [-0.2, 0) is 16.0 Å². The Kier molecular flexibility index (Phi) is 4.58. The van der Waals surface area contributed by atoms with Crippen molar-refractivity contribution in [1.82, 2.24) is 5.32 Å². The molecule has 1 rings (SSSR count). The highest BCUT2D eigenvalue weighted by molar-refractivity contribution is 6.42. The number of nitrogens with one attached hydrogen (secondary N) is 1. The maximum atomic E-state index is 10.7. The Morgan fingerprint density at radius 3 is 2.50 bits per heavy atom. The molecule has 0 heterocycles. The van der Waals surface area contributed by atoms with E-state index in [4.69, 9.17) is 28.3 Å². The molecule has 0 aliphatic carbocycles. The molecule has 0 aromatic heterocycles.